The maximum atomic E-state index is 9.58. The van der Waals surface area contributed by atoms with Gasteiger partial charge < -0.3 is 9.52 Å². The predicted octanol–water partition coefficient (Wildman–Crippen LogP) is 1.90. The van der Waals surface area contributed by atoms with Crippen molar-refractivity contribution in [2.75, 3.05) is 6.54 Å². The van der Waals surface area contributed by atoms with Crippen LogP contribution in [0.4, 0.5) is 0 Å². The Hall–Kier alpha value is -1.32. The van der Waals surface area contributed by atoms with Crippen LogP contribution in [0.5, 0.6) is 0 Å². The fraction of sp³-hybridized carbons (Fsp3) is 0.333. The van der Waals surface area contributed by atoms with Gasteiger partial charge in [-0.3, -0.25) is 5.32 Å². The fourth-order valence-corrected chi connectivity index (χ4v) is 1.66. The lowest BCUT2D eigenvalue weighted by Gasteiger charge is -2.10. The normalized spacial score (nSPS) is 13.2. The van der Waals surface area contributed by atoms with Gasteiger partial charge in [-0.1, -0.05) is 19.1 Å². The monoisotopic (exact) mass is 205 g/mol. The molecule has 3 nitrogen and oxygen atoms in total. The van der Waals surface area contributed by atoms with E-state index >= 15 is 0 Å². The van der Waals surface area contributed by atoms with E-state index in [1.54, 1.807) is 6.26 Å². The lowest BCUT2D eigenvalue weighted by Crippen LogP contribution is -2.30. The van der Waals surface area contributed by atoms with E-state index in [4.69, 9.17) is 4.42 Å². The first kappa shape index (κ1) is 10.2. The molecule has 0 radical (unpaired) electrons. The van der Waals surface area contributed by atoms with Crippen LogP contribution in [0.2, 0.25) is 0 Å². The molecule has 2 N–H and O–H groups in total. The standard InChI is InChI=1S/C12H15NO2/c1-2-13-12(14)8-9-3-4-10-5-6-15-11(10)7-9/h3-7,12-14H,2,8H2,1H3. The van der Waals surface area contributed by atoms with Gasteiger partial charge >= 0.3 is 0 Å². The summed E-state index contributed by atoms with van der Waals surface area (Å²) in [5, 5.41) is 13.6. The summed E-state index contributed by atoms with van der Waals surface area (Å²) in [6, 6.07) is 7.92. The SMILES string of the molecule is CCNC(O)Cc1ccc2ccoc2c1. The van der Waals surface area contributed by atoms with Gasteiger partial charge in [0.25, 0.3) is 0 Å². The Morgan fingerprint density at radius 2 is 2.27 bits per heavy atom. The molecule has 0 bridgehead atoms. The van der Waals surface area contributed by atoms with E-state index in [2.05, 4.69) is 5.32 Å². The molecule has 0 saturated carbocycles. The molecule has 3 heteroatoms. The summed E-state index contributed by atoms with van der Waals surface area (Å²) >= 11 is 0. The third-order valence-electron chi connectivity index (χ3n) is 2.39. The number of likely N-dealkylation sites (N-methyl/N-ethyl adjacent to an activating group) is 1. The first-order valence-corrected chi connectivity index (χ1v) is 5.17. The highest BCUT2D eigenvalue weighted by Gasteiger charge is 2.05. The minimum Gasteiger partial charge on any atom is -0.464 e. The molecule has 1 unspecified atom stereocenters. The Labute approximate surface area is 88.7 Å². The van der Waals surface area contributed by atoms with Gasteiger partial charge in [-0.15, -0.1) is 0 Å². The van der Waals surface area contributed by atoms with Crippen LogP contribution in [0.1, 0.15) is 12.5 Å². The van der Waals surface area contributed by atoms with E-state index < -0.39 is 6.23 Å². The second kappa shape index (κ2) is 4.47. The Morgan fingerprint density at radius 1 is 1.40 bits per heavy atom. The summed E-state index contributed by atoms with van der Waals surface area (Å²) in [7, 11) is 0. The van der Waals surface area contributed by atoms with Crippen molar-refractivity contribution in [2.24, 2.45) is 0 Å². The summed E-state index contributed by atoms with van der Waals surface area (Å²) in [4.78, 5) is 0. The molecule has 80 valence electrons. The second-order valence-corrected chi connectivity index (χ2v) is 3.57. The number of rotatable bonds is 4. The van der Waals surface area contributed by atoms with Gasteiger partial charge in [0.15, 0.2) is 0 Å². The Morgan fingerprint density at radius 3 is 3.07 bits per heavy atom. The van der Waals surface area contributed by atoms with Crippen LogP contribution in [-0.4, -0.2) is 17.9 Å². The third kappa shape index (κ3) is 2.37. The van der Waals surface area contributed by atoms with Gasteiger partial charge in [0.1, 0.15) is 11.8 Å². The number of nitrogens with one attached hydrogen (secondary N) is 1. The van der Waals surface area contributed by atoms with Crippen molar-refractivity contribution in [3.8, 4) is 0 Å². The molecule has 1 heterocycles. The highest BCUT2D eigenvalue weighted by molar-refractivity contribution is 5.77. The van der Waals surface area contributed by atoms with Crippen LogP contribution in [0, 0.1) is 0 Å². The molecule has 0 spiro atoms. The molecular formula is C12H15NO2. The molecule has 15 heavy (non-hydrogen) atoms. The number of aliphatic hydroxyl groups excluding tert-OH is 1. The first-order valence-electron chi connectivity index (χ1n) is 5.17. The Balaban J connectivity index is 2.14. The van der Waals surface area contributed by atoms with Gasteiger partial charge in [0.05, 0.1) is 6.26 Å². The van der Waals surface area contributed by atoms with E-state index in [1.165, 1.54) is 0 Å². The largest absolute Gasteiger partial charge is 0.464 e. The van der Waals surface area contributed by atoms with Crippen LogP contribution >= 0.6 is 0 Å². The van der Waals surface area contributed by atoms with E-state index in [-0.39, 0.29) is 0 Å². The van der Waals surface area contributed by atoms with E-state index in [1.807, 2.05) is 31.2 Å². The Bertz CT molecular complexity index is 436. The zero-order chi connectivity index (χ0) is 10.7. The maximum absolute atomic E-state index is 9.58. The van der Waals surface area contributed by atoms with Gasteiger partial charge in [-0.05, 0) is 24.2 Å². The Kier molecular flexibility index (Phi) is 3.04. The maximum Gasteiger partial charge on any atom is 0.134 e. The van der Waals surface area contributed by atoms with Gasteiger partial charge in [0.2, 0.25) is 0 Å². The highest BCUT2D eigenvalue weighted by atomic mass is 16.3. The number of benzene rings is 1. The number of fused-ring (bicyclic) bond motifs is 1. The zero-order valence-corrected chi connectivity index (χ0v) is 8.73. The van der Waals surface area contributed by atoms with Crippen molar-refractivity contribution >= 4 is 11.0 Å². The molecule has 0 aliphatic heterocycles. The number of aliphatic hydroxyl groups is 1. The summed E-state index contributed by atoms with van der Waals surface area (Å²) in [6.45, 7) is 2.74. The van der Waals surface area contributed by atoms with Crippen molar-refractivity contribution in [2.45, 2.75) is 19.6 Å². The van der Waals surface area contributed by atoms with Crippen molar-refractivity contribution in [3.05, 3.63) is 36.1 Å². The quantitative estimate of drug-likeness (QED) is 0.749. The van der Waals surface area contributed by atoms with Gasteiger partial charge in [-0.25, -0.2) is 0 Å². The lowest BCUT2D eigenvalue weighted by atomic mass is 10.1. The summed E-state index contributed by atoms with van der Waals surface area (Å²) < 4.78 is 5.30. The van der Waals surface area contributed by atoms with Crippen LogP contribution in [0.25, 0.3) is 11.0 Å². The molecule has 0 amide bonds. The molecule has 1 atom stereocenters. The van der Waals surface area contributed by atoms with Crippen molar-refractivity contribution in [1.82, 2.24) is 5.32 Å². The van der Waals surface area contributed by atoms with E-state index in [9.17, 15) is 5.11 Å². The molecule has 0 fully saturated rings. The number of hydrogen-bond donors (Lipinski definition) is 2. The summed E-state index contributed by atoms with van der Waals surface area (Å²) in [5.41, 5.74) is 1.95. The van der Waals surface area contributed by atoms with Crippen LogP contribution in [0.3, 0.4) is 0 Å². The number of hydrogen-bond acceptors (Lipinski definition) is 3. The second-order valence-electron chi connectivity index (χ2n) is 3.57. The predicted molar refractivity (Wildman–Crippen MR) is 59.6 cm³/mol. The molecule has 1 aromatic carbocycles. The summed E-state index contributed by atoms with van der Waals surface area (Å²) in [6.07, 6.45) is 1.79. The minimum absolute atomic E-state index is 0.484. The van der Waals surface area contributed by atoms with Gasteiger partial charge in [0, 0.05) is 11.8 Å². The smallest absolute Gasteiger partial charge is 0.134 e. The molecular weight excluding hydrogens is 190 g/mol. The zero-order valence-electron chi connectivity index (χ0n) is 8.73. The van der Waals surface area contributed by atoms with Crippen LogP contribution in [-0.2, 0) is 6.42 Å². The van der Waals surface area contributed by atoms with Crippen molar-refractivity contribution in [1.29, 1.82) is 0 Å². The molecule has 1 aromatic heterocycles. The van der Waals surface area contributed by atoms with Gasteiger partial charge in [-0.2, -0.15) is 0 Å². The topological polar surface area (TPSA) is 45.4 Å². The van der Waals surface area contributed by atoms with E-state index in [0.717, 1.165) is 23.1 Å². The van der Waals surface area contributed by atoms with Crippen LogP contribution < -0.4 is 5.32 Å². The van der Waals surface area contributed by atoms with Crippen molar-refractivity contribution in [3.63, 3.8) is 0 Å². The highest BCUT2D eigenvalue weighted by Crippen LogP contribution is 2.17. The molecule has 0 saturated heterocycles. The fourth-order valence-electron chi connectivity index (χ4n) is 1.66. The molecule has 0 aliphatic carbocycles. The molecule has 2 rings (SSSR count). The molecule has 0 aliphatic rings. The molecule has 2 aromatic rings. The average Bonchev–Trinajstić information content (AvgIpc) is 2.65. The summed E-state index contributed by atoms with van der Waals surface area (Å²) in [5.74, 6) is 0. The lowest BCUT2D eigenvalue weighted by molar-refractivity contribution is 0.140. The number of furan rings is 1. The van der Waals surface area contributed by atoms with Crippen molar-refractivity contribution < 1.29 is 9.52 Å². The minimum atomic E-state index is -0.484. The average molecular weight is 205 g/mol. The van der Waals surface area contributed by atoms with E-state index in [0.29, 0.717) is 6.42 Å². The third-order valence-corrected chi connectivity index (χ3v) is 2.39. The van der Waals surface area contributed by atoms with Crippen LogP contribution in [0.15, 0.2) is 34.9 Å². The first-order chi connectivity index (χ1) is 7.29.